The van der Waals surface area contributed by atoms with Crippen LogP contribution in [0, 0.1) is 12.7 Å². The first kappa shape index (κ1) is 17.8. The highest BCUT2D eigenvalue weighted by Gasteiger charge is 2.07. The average molecular weight is 331 g/mol. The van der Waals surface area contributed by atoms with Gasteiger partial charge in [-0.1, -0.05) is 12.1 Å². The van der Waals surface area contributed by atoms with E-state index in [9.17, 15) is 9.18 Å². The van der Waals surface area contributed by atoms with Crippen molar-refractivity contribution in [2.24, 2.45) is 0 Å². The first-order chi connectivity index (χ1) is 11.6. The molecule has 0 bridgehead atoms. The van der Waals surface area contributed by atoms with Crippen LogP contribution in [0.2, 0.25) is 0 Å². The van der Waals surface area contributed by atoms with Crippen LogP contribution in [0.25, 0.3) is 0 Å². The monoisotopic (exact) mass is 331 g/mol. The maximum absolute atomic E-state index is 13.0. The van der Waals surface area contributed by atoms with Crippen molar-refractivity contribution in [1.29, 1.82) is 0 Å². The van der Waals surface area contributed by atoms with Crippen molar-refractivity contribution in [2.45, 2.75) is 26.7 Å². The van der Waals surface area contributed by atoms with E-state index in [0.29, 0.717) is 48.8 Å². The summed E-state index contributed by atoms with van der Waals surface area (Å²) in [5.41, 5.74) is 1.33. The number of halogens is 1. The van der Waals surface area contributed by atoms with Crippen molar-refractivity contribution < 1.29 is 18.7 Å². The van der Waals surface area contributed by atoms with Crippen molar-refractivity contribution in [1.82, 2.24) is 0 Å². The summed E-state index contributed by atoms with van der Waals surface area (Å²) in [4.78, 5) is 11.9. The van der Waals surface area contributed by atoms with Crippen LogP contribution < -0.4 is 14.8 Å². The molecule has 24 heavy (non-hydrogen) atoms. The minimum absolute atomic E-state index is 0.119. The van der Waals surface area contributed by atoms with Gasteiger partial charge in [-0.3, -0.25) is 4.79 Å². The molecule has 0 atom stereocenters. The van der Waals surface area contributed by atoms with E-state index in [4.69, 9.17) is 9.47 Å². The Labute approximate surface area is 141 Å². The molecule has 0 spiro atoms. The minimum atomic E-state index is -0.313. The third-order valence-electron chi connectivity index (χ3n) is 3.42. The molecular weight excluding hydrogens is 309 g/mol. The van der Waals surface area contributed by atoms with Gasteiger partial charge < -0.3 is 14.8 Å². The van der Waals surface area contributed by atoms with Gasteiger partial charge in [0.1, 0.15) is 5.82 Å². The summed E-state index contributed by atoms with van der Waals surface area (Å²) in [6, 6.07) is 11.7. The summed E-state index contributed by atoms with van der Waals surface area (Å²) in [6.45, 7) is 4.66. The number of nitrogens with one attached hydrogen (secondary N) is 1. The van der Waals surface area contributed by atoms with E-state index in [1.165, 1.54) is 12.1 Å². The Bertz CT molecular complexity index is 688. The van der Waals surface area contributed by atoms with Gasteiger partial charge in [0.25, 0.3) is 0 Å². The molecule has 0 aliphatic rings. The first-order valence-electron chi connectivity index (χ1n) is 8.00. The Morgan fingerprint density at radius 1 is 1.12 bits per heavy atom. The number of anilines is 1. The maximum atomic E-state index is 13.0. The third-order valence-corrected chi connectivity index (χ3v) is 3.42. The van der Waals surface area contributed by atoms with E-state index in [1.54, 1.807) is 13.0 Å². The second-order valence-corrected chi connectivity index (χ2v) is 5.34. The number of amides is 1. The standard InChI is InChI=1S/C19H22FNO3/c1-3-23-17-7-4-5-8-18(17)24-12-6-9-19(22)21-16-11-10-15(20)13-14(16)2/h4-5,7-8,10-11,13H,3,6,9,12H2,1-2H3,(H,21,22). The summed E-state index contributed by atoms with van der Waals surface area (Å²) < 4.78 is 24.2. The van der Waals surface area contributed by atoms with E-state index in [1.807, 2.05) is 31.2 Å². The van der Waals surface area contributed by atoms with Gasteiger partial charge in [-0.05, 0) is 56.2 Å². The zero-order valence-electron chi connectivity index (χ0n) is 14.0. The molecule has 2 rings (SSSR count). The number of hydrogen-bond acceptors (Lipinski definition) is 3. The van der Waals surface area contributed by atoms with Crippen LogP contribution in [-0.2, 0) is 4.79 Å². The number of ether oxygens (including phenoxy) is 2. The molecule has 0 saturated carbocycles. The van der Waals surface area contributed by atoms with E-state index in [2.05, 4.69) is 5.32 Å². The first-order valence-corrected chi connectivity index (χ1v) is 8.00. The van der Waals surface area contributed by atoms with E-state index in [0.717, 1.165) is 0 Å². The lowest BCUT2D eigenvalue weighted by molar-refractivity contribution is -0.116. The smallest absolute Gasteiger partial charge is 0.224 e. The molecule has 1 amide bonds. The van der Waals surface area contributed by atoms with Crippen molar-refractivity contribution in [2.75, 3.05) is 18.5 Å². The van der Waals surface area contributed by atoms with Crippen molar-refractivity contribution >= 4 is 11.6 Å². The fourth-order valence-corrected chi connectivity index (χ4v) is 2.24. The topological polar surface area (TPSA) is 47.6 Å². The predicted octanol–water partition coefficient (Wildman–Crippen LogP) is 4.33. The highest BCUT2D eigenvalue weighted by molar-refractivity contribution is 5.91. The molecule has 4 nitrogen and oxygen atoms in total. The molecular formula is C19H22FNO3. The van der Waals surface area contributed by atoms with Crippen LogP contribution in [0.4, 0.5) is 10.1 Å². The van der Waals surface area contributed by atoms with Crippen LogP contribution in [0.1, 0.15) is 25.3 Å². The van der Waals surface area contributed by atoms with E-state index < -0.39 is 0 Å². The summed E-state index contributed by atoms with van der Waals surface area (Å²) in [5.74, 6) is 0.943. The second kappa shape index (κ2) is 8.91. The molecule has 0 aromatic heterocycles. The van der Waals surface area contributed by atoms with Crippen molar-refractivity contribution in [3.05, 3.63) is 53.8 Å². The lowest BCUT2D eigenvalue weighted by Crippen LogP contribution is -2.13. The highest BCUT2D eigenvalue weighted by atomic mass is 19.1. The Morgan fingerprint density at radius 2 is 1.83 bits per heavy atom. The molecule has 1 N–H and O–H groups in total. The van der Waals surface area contributed by atoms with E-state index in [-0.39, 0.29) is 11.7 Å². The van der Waals surface area contributed by atoms with Gasteiger partial charge >= 0.3 is 0 Å². The van der Waals surface area contributed by atoms with Gasteiger partial charge in [-0.15, -0.1) is 0 Å². The van der Waals surface area contributed by atoms with Gasteiger partial charge in [0.15, 0.2) is 11.5 Å². The second-order valence-electron chi connectivity index (χ2n) is 5.34. The molecule has 0 heterocycles. The van der Waals surface area contributed by atoms with Crippen LogP contribution in [0.3, 0.4) is 0 Å². The normalized spacial score (nSPS) is 10.3. The average Bonchev–Trinajstić information content (AvgIpc) is 2.56. The van der Waals surface area contributed by atoms with E-state index >= 15 is 0 Å². The van der Waals surface area contributed by atoms with Gasteiger partial charge in [-0.2, -0.15) is 0 Å². The van der Waals surface area contributed by atoms with Crippen molar-refractivity contribution in [3.63, 3.8) is 0 Å². The number of hydrogen-bond donors (Lipinski definition) is 1. The Kier molecular flexibility index (Phi) is 6.61. The fraction of sp³-hybridized carbons (Fsp3) is 0.316. The zero-order chi connectivity index (χ0) is 17.4. The van der Waals surface area contributed by atoms with Gasteiger partial charge in [0, 0.05) is 12.1 Å². The predicted molar refractivity (Wildman–Crippen MR) is 92.1 cm³/mol. The minimum Gasteiger partial charge on any atom is -0.490 e. The Hall–Kier alpha value is -2.56. The number of carbonyl (C=O) groups excluding carboxylic acids is 1. The molecule has 0 radical (unpaired) electrons. The fourth-order valence-electron chi connectivity index (χ4n) is 2.24. The SMILES string of the molecule is CCOc1ccccc1OCCCC(=O)Nc1ccc(F)cc1C. The number of benzene rings is 2. The Morgan fingerprint density at radius 3 is 2.50 bits per heavy atom. The molecule has 2 aromatic carbocycles. The quantitative estimate of drug-likeness (QED) is 0.732. The molecule has 0 aliphatic carbocycles. The molecule has 0 unspecified atom stereocenters. The number of rotatable bonds is 8. The number of para-hydroxylation sites is 2. The van der Waals surface area contributed by atoms with Crippen LogP contribution in [0.5, 0.6) is 11.5 Å². The van der Waals surface area contributed by atoms with Gasteiger partial charge in [0.2, 0.25) is 5.91 Å². The lowest BCUT2D eigenvalue weighted by atomic mass is 10.2. The molecule has 0 fully saturated rings. The van der Waals surface area contributed by atoms with Gasteiger partial charge in [-0.25, -0.2) is 4.39 Å². The lowest BCUT2D eigenvalue weighted by Gasteiger charge is -2.12. The Balaban J connectivity index is 1.77. The largest absolute Gasteiger partial charge is 0.490 e. The van der Waals surface area contributed by atoms with Crippen LogP contribution in [-0.4, -0.2) is 19.1 Å². The summed E-state index contributed by atoms with van der Waals surface area (Å²) in [6.07, 6.45) is 0.903. The molecule has 128 valence electrons. The number of carbonyl (C=O) groups is 1. The van der Waals surface area contributed by atoms with Crippen LogP contribution in [0.15, 0.2) is 42.5 Å². The summed E-state index contributed by atoms with van der Waals surface area (Å²) in [7, 11) is 0. The molecule has 0 aliphatic heterocycles. The highest BCUT2D eigenvalue weighted by Crippen LogP contribution is 2.26. The molecule has 0 saturated heterocycles. The third kappa shape index (κ3) is 5.26. The zero-order valence-corrected chi connectivity index (χ0v) is 14.0. The number of aryl methyl sites for hydroxylation is 1. The van der Waals surface area contributed by atoms with Crippen molar-refractivity contribution in [3.8, 4) is 11.5 Å². The maximum Gasteiger partial charge on any atom is 0.224 e. The molecule has 5 heteroatoms. The summed E-state index contributed by atoms with van der Waals surface area (Å²) >= 11 is 0. The summed E-state index contributed by atoms with van der Waals surface area (Å²) in [5, 5.41) is 2.78. The molecule has 2 aromatic rings. The van der Waals surface area contributed by atoms with Gasteiger partial charge in [0.05, 0.1) is 13.2 Å². The van der Waals surface area contributed by atoms with Crippen LogP contribution >= 0.6 is 0 Å².